The van der Waals surface area contributed by atoms with E-state index in [4.69, 9.17) is 14.9 Å². The van der Waals surface area contributed by atoms with Crippen LogP contribution >= 0.6 is 0 Å². The van der Waals surface area contributed by atoms with Crippen LogP contribution in [0, 0.1) is 0 Å². The van der Waals surface area contributed by atoms with E-state index < -0.39 is 30.3 Å². The van der Waals surface area contributed by atoms with E-state index in [2.05, 4.69) is 0 Å². The number of aliphatic carboxylic acids is 2. The van der Waals surface area contributed by atoms with Gasteiger partial charge in [0.2, 0.25) is 5.91 Å². The summed E-state index contributed by atoms with van der Waals surface area (Å²) >= 11 is 0. The fraction of sp³-hybridized carbons (Fsp3) is 0.571. The highest BCUT2D eigenvalue weighted by Crippen LogP contribution is 2.34. The minimum absolute atomic E-state index is 0.0631. The molecule has 0 bridgehead atoms. The standard InChI is InChI=1S/C7H7NO6/c9-2-1-3-8(2)4(6(10)11)5(14-3)7(12)13/h3-5H,1H2,(H,10,11)(H,12,13). The summed E-state index contributed by atoms with van der Waals surface area (Å²) in [5, 5.41) is 17.4. The predicted molar refractivity (Wildman–Crippen MR) is 39.2 cm³/mol. The molecule has 0 aliphatic carbocycles. The summed E-state index contributed by atoms with van der Waals surface area (Å²) in [4.78, 5) is 33.3. The van der Waals surface area contributed by atoms with Crippen molar-refractivity contribution in [1.29, 1.82) is 0 Å². The van der Waals surface area contributed by atoms with Crippen molar-refractivity contribution in [2.24, 2.45) is 0 Å². The number of carboxylic acids is 2. The molecule has 0 aromatic heterocycles. The van der Waals surface area contributed by atoms with E-state index in [1.807, 2.05) is 0 Å². The van der Waals surface area contributed by atoms with Gasteiger partial charge in [0.05, 0.1) is 6.42 Å². The lowest BCUT2D eigenvalue weighted by atomic mass is 10.1. The molecule has 3 unspecified atom stereocenters. The fourth-order valence-electron chi connectivity index (χ4n) is 1.68. The number of rotatable bonds is 2. The maximum Gasteiger partial charge on any atom is 0.335 e. The van der Waals surface area contributed by atoms with Gasteiger partial charge in [0.1, 0.15) is 6.23 Å². The van der Waals surface area contributed by atoms with E-state index >= 15 is 0 Å². The number of amides is 1. The highest BCUT2D eigenvalue weighted by Gasteiger charge is 2.57. The van der Waals surface area contributed by atoms with Gasteiger partial charge in [-0.2, -0.15) is 0 Å². The van der Waals surface area contributed by atoms with Gasteiger partial charge < -0.3 is 14.9 Å². The Morgan fingerprint density at radius 3 is 2.43 bits per heavy atom. The molecule has 76 valence electrons. The number of hydrogen-bond acceptors (Lipinski definition) is 4. The lowest BCUT2D eigenvalue weighted by molar-refractivity contribution is -0.164. The number of nitrogens with zero attached hydrogens (tertiary/aromatic N) is 1. The number of carbonyl (C=O) groups excluding carboxylic acids is 1. The van der Waals surface area contributed by atoms with Crippen molar-refractivity contribution in [2.75, 3.05) is 0 Å². The molecule has 2 saturated heterocycles. The smallest absolute Gasteiger partial charge is 0.335 e. The van der Waals surface area contributed by atoms with Crippen LogP contribution in [0.25, 0.3) is 0 Å². The molecule has 1 amide bonds. The molecule has 0 radical (unpaired) electrons. The van der Waals surface area contributed by atoms with Gasteiger partial charge in [-0.1, -0.05) is 0 Å². The second kappa shape index (κ2) is 2.68. The first kappa shape index (κ1) is 8.95. The second-order valence-electron chi connectivity index (χ2n) is 3.14. The van der Waals surface area contributed by atoms with Crippen molar-refractivity contribution in [3.8, 4) is 0 Å². The zero-order chi connectivity index (χ0) is 10.5. The predicted octanol–water partition coefficient (Wildman–Crippen LogP) is -1.52. The summed E-state index contributed by atoms with van der Waals surface area (Å²) in [5.74, 6) is -3.10. The van der Waals surface area contributed by atoms with E-state index in [0.29, 0.717) is 0 Å². The molecule has 2 aliphatic heterocycles. The van der Waals surface area contributed by atoms with E-state index in [-0.39, 0.29) is 12.3 Å². The van der Waals surface area contributed by atoms with Gasteiger partial charge in [-0.3, -0.25) is 9.69 Å². The lowest BCUT2D eigenvalue weighted by Gasteiger charge is -2.34. The third-order valence-electron chi connectivity index (χ3n) is 2.33. The molecule has 14 heavy (non-hydrogen) atoms. The van der Waals surface area contributed by atoms with E-state index in [9.17, 15) is 14.4 Å². The van der Waals surface area contributed by atoms with Crippen LogP contribution in [-0.2, 0) is 19.1 Å². The summed E-state index contributed by atoms with van der Waals surface area (Å²) in [6.07, 6.45) is -2.07. The highest BCUT2D eigenvalue weighted by atomic mass is 16.6. The first-order chi connectivity index (χ1) is 6.52. The summed E-state index contributed by atoms with van der Waals surface area (Å²) in [6.45, 7) is 0. The zero-order valence-corrected chi connectivity index (χ0v) is 6.91. The Balaban J connectivity index is 2.26. The minimum atomic E-state index is -1.45. The fourth-order valence-corrected chi connectivity index (χ4v) is 1.68. The molecule has 3 atom stereocenters. The molecular formula is C7H7NO6. The maximum absolute atomic E-state index is 11.0. The van der Waals surface area contributed by atoms with Crippen molar-refractivity contribution in [3.63, 3.8) is 0 Å². The summed E-state index contributed by atoms with van der Waals surface area (Å²) < 4.78 is 4.89. The molecule has 7 heteroatoms. The molecular weight excluding hydrogens is 194 g/mol. The van der Waals surface area contributed by atoms with Crippen molar-refractivity contribution >= 4 is 17.8 Å². The van der Waals surface area contributed by atoms with Crippen LogP contribution in [0.5, 0.6) is 0 Å². The van der Waals surface area contributed by atoms with Gasteiger partial charge in [0, 0.05) is 0 Å². The average molecular weight is 201 g/mol. The van der Waals surface area contributed by atoms with Crippen molar-refractivity contribution in [2.45, 2.75) is 24.8 Å². The first-order valence-electron chi connectivity index (χ1n) is 3.94. The van der Waals surface area contributed by atoms with Crippen LogP contribution in [-0.4, -0.2) is 51.3 Å². The molecule has 7 nitrogen and oxygen atoms in total. The molecule has 2 aliphatic rings. The van der Waals surface area contributed by atoms with Crippen molar-refractivity contribution in [3.05, 3.63) is 0 Å². The Labute approximate surface area is 77.9 Å². The average Bonchev–Trinajstić information content (AvgIpc) is 2.37. The SMILES string of the molecule is O=C(O)C1OC2CC(=O)N2C1C(=O)O. The minimum Gasteiger partial charge on any atom is -0.480 e. The van der Waals surface area contributed by atoms with Gasteiger partial charge in [0.15, 0.2) is 12.1 Å². The van der Waals surface area contributed by atoms with Gasteiger partial charge in [-0.15, -0.1) is 0 Å². The van der Waals surface area contributed by atoms with Crippen LogP contribution < -0.4 is 0 Å². The third-order valence-corrected chi connectivity index (χ3v) is 2.33. The Kier molecular flexibility index (Phi) is 1.71. The highest BCUT2D eigenvalue weighted by molar-refractivity contribution is 5.93. The number of fused-ring (bicyclic) bond motifs is 1. The van der Waals surface area contributed by atoms with Gasteiger partial charge >= 0.3 is 11.9 Å². The topological polar surface area (TPSA) is 104 Å². The molecule has 2 N–H and O–H groups in total. The van der Waals surface area contributed by atoms with Gasteiger partial charge in [0.25, 0.3) is 0 Å². The van der Waals surface area contributed by atoms with Crippen LogP contribution in [0.3, 0.4) is 0 Å². The number of carboxylic acid groups (broad SMARTS) is 2. The third kappa shape index (κ3) is 0.987. The number of ether oxygens (including phenoxy) is 1. The van der Waals surface area contributed by atoms with Crippen molar-refractivity contribution in [1.82, 2.24) is 4.90 Å². The number of carbonyl (C=O) groups is 3. The number of hydrogen-bond donors (Lipinski definition) is 2. The Morgan fingerprint density at radius 2 is 2.00 bits per heavy atom. The van der Waals surface area contributed by atoms with Crippen LogP contribution in [0.2, 0.25) is 0 Å². The molecule has 0 saturated carbocycles. The van der Waals surface area contributed by atoms with Crippen LogP contribution in [0.4, 0.5) is 0 Å². The molecule has 2 fully saturated rings. The quantitative estimate of drug-likeness (QED) is 0.526. The Morgan fingerprint density at radius 1 is 1.36 bits per heavy atom. The summed E-state index contributed by atoms with van der Waals surface area (Å²) in [7, 11) is 0. The van der Waals surface area contributed by atoms with Gasteiger partial charge in [-0.05, 0) is 0 Å². The molecule has 2 rings (SSSR count). The lowest BCUT2D eigenvalue weighted by Crippen LogP contribution is -2.56. The van der Waals surface area contributed by atoms with E-state index in [1.165, 1.54) is 0 Å². The zero-order valence-electron chi connectivity index (χ0n) is 6.91. The monoisotopic (exact) mass is 201 g/mol. The van der Waals surface area contributed by atoms with Gasteiger partial charge in [-0.25, -0.2) is 9.59 Å². The first-order valence-corrected chi connectivity index (χ1v) is 3.94. The number of β-lactam (4-membered cyclic amide) rings is 1. The molecule has 2 heterocycles. The summed E-state index contributed by atoms with van der Waals surface area (Å²) in [5.41, 5.74) is 0. The van der Waals surface area contributed by atoms with Crippen molar-refractivity contribution < 1.29 is 29.3 Å². The molecule has 0 aromatic carbocycles. The molecule has 0 spiro atoms. The largest absolute Gasteiger partial charge is 0.480 e. The van der Waals surface area contributed by atoms with E-state index in [1.54, 1.807) is 0 Å². The molecule has 0 aromatic rings. The maximum atomic E-state index is 11.0. The van der Waals surface area contributed by atoms with Crippen LogP contribution in [0.1, 0.15) is 6.42 Å². The Bertz CT molecular complexity index is 326. The normalized spacial score (nSPS) is 35.0. The van der Waals surface area contributed by atoms with E-state index in [0.717, 1.165) is 4.90 Å². The second-order valence-corrected chi connectivity index (χ2v) is 3.14. The summed E-state index contributed by atoms with van der Waals surface area (Å²) in [6, 6.07) is -1.39. The Hall–Kier alpha value is -1.63. The van der Waals surface area contributed by atoms with Crippen LogP contribution in [0.15, 0.2) is 0 Å².